The van der Waals surface area contributed by atoms with E-state index in [2.05, 4.69) is 15.3 Å². The molecule has 1 atom stereocenters. The maximum absolute atomic E-state index is 12.2. The fourth-order valence-corrected chi connectivity index (χ4v) is 4.08. The molecule has 0 saturated carbocycles. The highest BCUT2D eigenvalue weighted by atomic mass is 32.1. The molecular weight excluding hydrogens is 314 g/mol. The lowest BCUT2D eigenvalue weighted by Crippen LogP contribution is -2.43. The van der Waals surface area contributed by atoms with Crippen molar-refractivity contribution in [3.05, 3.63) is 5.69 Å². The molecule has 7 nitrogen and oxygen atoms in total. The second-order valence-corrected chi connectivity index (χ2v) is 6.99. The fourth-order valence-electron chi connectivity index (χ4n) is 3.01. The van der Waals surface area contributed by atoms with Gasteiger partial charge in [-0.1, -0.05) is 11.3 Å². The Bertz CT molecular complexity index is 661. The van der Waals surface area contributed by atoms with Gasteiger partial charge in [0.05, 0.1) is 16.3 Å². The lowest BCUT2D eigenvalue weighted by Gasteiger charge is -2.31. The van der Waals surface area contributed by atoms with Crippen molar-refractivity contribution >= 4 is 32.7 Å². The summed E-state index contributed by atoms with van der Waals surface area (Å²) in [5.74, 6) is 0.0794. The summed E-state index contributed by atoms with van der Waals surface area (Å²) in [5.41, 5.74) is 1.92. The van der Waals surface area contributed by atoms with Gasteiger partial charge in [-0.2, -0.15) is 5.10 Å². The van der Waals surface area contributed by atoms with E-state index in [-0.39, 0.29) is 18.4 Å². The quantitative estimate of drug-likeness (QED) is 0.797. The number of aryl methyl sites for hydroxylation is 2. The number of amides is 1. The summed E-state index contributed by atoms with van der Waals surface area (Å²) >= 11 is 1.65. The van der Waals surface area contributed by atoms with Crippen LogP contribution in [-0.2, 0) is 11.8 Å². The number of piperidine rings is 1. The molecule has 2 aromatic rings. The third kappa shape index (κ3) is 3.32. The van der Waals surface area contributed by atoms with Gasteiger partial charge in [0.2, 0.25) is 5.91 Å². The van der Waals surface area contributed by atoms with Gasteiger partial charge in [0.1, 0.15) is 0 Å². The van der Waals surface area contributed by atoms with Crippen LogP contribution >= 0.6 is 11.3 Å². The van der Waals surface area contributed by atoms with Crippen molar-refractivity contribution < 1.29 is 9.90 Å². The Morgan fingerprint density at radius 1 is 1.52 bits per heavy atom. The van der Waals surface area contributed by atoms with Crippen LogP contribution in [0.3, 0.4) is 0 Å². The van der Waals surface area contributed by atoms with Crippen LogP contribution in [0.5, 0.6) is 0 Å². The zero-order valence-electron chi connectivity index (χ0n) is 13.6. The minimum Gasteiger partial charge on any atom is -0.396 e. The highest BCUT2D eigenvalue weighted by Gasteiger charge is 2.27. The molecule has 0 bridgehead atoms. The molecule has 126 valence electrons. The van der Waals surface area contributed by atoms with Crippen LogP contribution in [0, 0.1) is 12.8 Å². The van der Waals surface area contributed by atoms with Gasteiger partial charge in [0, 0.05) is 33.3 Å². The third-order valence-electron chi connectivity index (χ3n) is 4.23. The van der Waals surface area contributed by atoms with Crippen molar-refractivity contribution in [3.8, 4) is 0 Å². The van der Waals surface area contributed by atoms with Crippen LogP contribution in [0.2, 0.25) is 0 Å². The summed E-state index contributed by atoms with van der Waals surface area (Å²) < 4.78 is 2.94. The molecule has 0 radical (unpaired) electrons. The molecule has 1 fully saturated rings. The Hall–Kier alpha value is -1.67. The van der Waals surface area contributed by atoms with Crippen LogP contribution in [-0.4, -0.2) is 52.0 Å². The summed E-state index contributed by atoms with van der Waals surface area (Å²) in [6, 6.07) is 0. The average molecular weight is 337 g/mol. The number of carbonyl (C=O) groups is 1. The van der Waals surface area contributed by atoms with E-state index in [1.54, 1.807) is 11.3 Å². The summed E-state index contributed by atoms with van der Waals surface area (Å²) in [6.45, 7) is 4.29. The number of hydrogen-bond acceptors (Lipinski definition) is 6. The number of rotatable bonds is 5. The van der Waals surface area contributed by atoms with E-state index in [1.807, 2.05) is 18.7 Å². The van der Waals surface area contributed by atoms with Gasteiger partial charge in [-0.25, -0.2) is 9.67 Å². The zero-order valence-corrected chi connectivity index (χ0v) is 14.4. The van der Waals surface area contributed by atoms with E-state index < -0.39 is 0 Å². The van der Waals surface area contributed by atoms with Gasteiger partial charge in [0.25, 0.3) is 0 Å². The molecule has 0 unspecified atom stereocenters. The molecule has 1 amide bonds. The van der Waals surface area contributed by atoms with Crippen LogP contribution in [0.4, 0.5) is 5.13 Å². The molecule has 2 aromatic heterocycles. The fraction of sp³-hybridized carbons (Fsp3) is 0.667. The molecule has 8 heteroatoms. The Labute approximate surface area is 139 Å². The number of nitrogens with zero attached hydrogens (tertiary/aromatic N) is 4. The summed E-state index contributed by atoms with van der Waals surface area (Å²) in [6.07, 6.45) is 2.50. The predicted octanol–water partition coefficient (Wildman–Crippen LogP) is 1.05. The number of aliphatic hydroxyl groups excluding tert-OH is 1. The van der Waals surface area contributed by atoms with Gasteiger partial charge in [-0.15, -0.1) is 0 Å². The maximum atomic E-state index is 12.2. The molecule has 23 heavy (non-hydrogen) atoms. The van der Waals surface area contributed by atoms with Crippen LogP contribution in [0.25, 0.3) is 10.3 Å². The highest BCUT2D eigenvalue weighted by molar-refractivity contribution is 7.22. The minimum atomic E-state index is -0.00585. The Kier molecular flexibility index (Phi) is 4.82. The van der Waals surface area contributed by atoms with E-state index >= 15 is 0 Å². The molecule has 1 aliphatic rings. The molecule has 1 aliphatic heterocycles. The van der Waals surface area contributed by atoms with Crippen molar-refractivity contribution in [3.63, 3.8) is 0 Å². The number of nitrogens with one attached hydrogen (secondary N) is 1. The largest absolute Gasteiger partial charge is 0.396 e. The molecule has 3 heterocycles. The number of hydrogen-bond donors (Lipinski definition) is 2. The molecule has 0 aliphatic carbocycles. The van der Waals surface area contributed by atoms with Crippen molar-refractivity contribution in [2.45, 2.75) is 26.2 Å². The monoisotopic (exact) mass is 337 g/mol. The summed E-state index contributed by atoms with van der Waals surface area (Å²) in [7, 11) is 1.91. The summed E-state index contributed by atoms with van der Waals surface area (Å²) in [5, 5.41) is 17.1. The first-order valence-electron chi connectivity index (χ1n) is 8.04. The lowest BCUT2D eigenvalue weighted by atomic mass is 9.97. The van der Waals surface area contributed by atoms with Gasteiger partial charge >= 0.3 is 0 Å². The molecule has 0 spiro atoms. The smallest absolute Gasteiger partial charge is 0.224 e. The highest BCUT2D eigenvalue weighted by Crippen LogP contribution is 2.33. The van der Waals surface area contributed by atoms with Crippen molar-refractivity contribution in [2.75, 3.05) is 31.1 Å². The standard InChI is InChI=1S/C15H23N5O2S/c1-10-12-13(19(2)18-10)17-15(23-12)20-7-3-5-11(9-20)14(22)16-6-4-8-21/h11,21H,3-9H2,1-2H3,(H,16,22)/t11-/m0/s1. The summed E-state index contributed by atoms with van der Waals surface area (Å²) in [4.78, 5) is 19.1. The SMILES string of the molecule is Cc1nn(C)c2nc(N3CCC[C@H](C(=O)NCCCO)C3)sc12. The van der Waals surface area contributed by atoms with Gasteiger partial charge in [0.15, 0.2) is 10.8 Å². The third-order valence-corrected chi connectivity index (χ3v) is 5.44. The number of aromatic nitrogens is 3. The Morgan fingerprint density at radius 3 is 3.09 bits per heavy atom. The number of anilines is 1. The first-order valence-corrected chi connectivity index (χ1v) is 8.85. The first kappa shape index (κ1) is 16.2. The van der Waals surface area contributed by atoms with Crippen LogP contribution in [0.1, 0.15) is 25.0 Å². The van der Waals surface area contributed by atoms with E-state index in [1.165, 1.54) is 0 Å². The van der Waals surface area contributed by atoms with Crippen molar-refractivity contribution in [2.24, 2.45) is 13.0 Å². The van der Waals surface area contributed by atoms with Crippen LogP contribution < -0.4 is 10.2 Å². The second kappa shape index (κ2) is 6.84. The minimum absolute atomic E-state index is 0.00585. The lowest BCUT2D eigenvalue weighted by molar-refractivity contribution is -0.125. The molecule has 3 rings (SSSR count). The number of carbonyl (C=O) groups excluding carboxylic acids is 1. The van der Waals surface area contributed by atoms with E-state index in [9.17, 15) is 4.79 Å². The first-order chi connectivity index (χ1) is 11.1. The normalized spacial score (nSPS) is 18.6. The molecular formula is C15H23N5O2S. The Morgan fingerprint density at radius 2 is 2.35 bits per heavy atom. The van der Waals surface area contributed by atoms with E-state index in [4.69, 9.17) is 10.1 Å². The Balaban J connectivity index is 1.69. The molecule has 2 N–H and O–H groups in total. The van der Waals surface area contributed by atoms with Gasteiger partial charge < -0.3 is 15.3 Å². The van der Waals surface area contributed by atoms with Crippen LogP contribution in [0.15, 0.2) is 0 Å². The van der Waals surface area contributed by atoms with E-state index in [0.717, 1.165) is 40.6 Å². The maximum Gasteiger partial charge on any atom is 0.224 e. The van der Waals surface area contributed by atoms with E-state index in [0.29, 0.717) is 19.5 Å². The zero-order chi connectivity index (χ0) is 16.4. The number of fused-ring (bicyclic) bond motifs is 1. The van der Waals surface area contributed by atoms with Gasteiger partial charge in [-0.05, 0) is 26.2 Å². The number of aliphatic hydroxyl groups is 1. The topological polar surface area (TPSA) is 83.3 Å². The average Bonchev–Trinajstić information content (AvgIpc) is 3.10. The second-order valence-electron chi connectivity index (χ2n) is 6.01. The number of thiazole rings is 1. The molecule has 0 aromatic carbocycles. The van der Waals surface area contributed by atoms with Gasteiger partial charge in [-0.3, -0.25) is 4.79 Å². The molecule has 1 saturated heterocycles. The predicted molar refractivity (Wildman–Crippen MR) is 90.8 cm³/mol. The van der Waals surface area contributed by atoms with Crippen molar-refractivity contribution in [1.82, 2.24) is 20.1 Å². The van der Waals surface area contributed by atoms with Crippen molar-refractivity contribution in [1.29, 1.82) is 0 Å².